The lowest BCUT2D eigenvalue weighted by Crippen LogP contribution is -2.29. The van der Waals surface area contributed by atoms with Gasteiger partial charge in [-0.05, 0) is 43.2 Å². The maximum absolute atomic E-state index is 12.5. The number of aromatic amines is 1. The molecule has 4 heteroatoms. The first-order chi connectivity index (χ1) is 11.6. The number of rotatable bonds is 5. The van der Waals surface area contributed by atoms with Gasteiger partial charge in [-0.2, -0.15) is 0 Å². The molecule has 0 saturated heterocycles. The van der Waals surface area contributed by atoms with Gasteiger partial charge in [0.2, 0.25) is 0 Å². The minimum absolute atomic E-state index is 0.0897. The van der Waals surface area contributed by atoms with E-state index < -0.39 is 0 Å². The van der Waals surface area contributed by atoms with E-state index in [2.05, 4.69) is 17.2 Å². The number of benzene rings is 2. The fourth-order valence-electron chi connectivity index (χ4n) is 2.89. The second kappa shape index (κ2) is 6.89. The number of aromatic nitrogens is 1. The molecular weight excluding hydrogens is 300 g/mol. The number of fused-ring (bicyclic) bond motifs is 1. The lowest BCUT2D eigenvalue weighted by atomic mass is 10.1. The quantitative estimate of drug-likeness (QED) is 0.748. The van der Waals surface area contributed by atoms with Crippen LogP contribution in [0.25, 0.3) is 10.9 Å². The monoisotopic (exact) mass is 322 g/mol. The lowest BCUT2D eigenvalue weighted by Gasteiger charge is -2.16. The standard InChI is InChI=1S/C20H22N2O2/c1-13-14(2)22-18-10-9-16(11-17(13)18)20(23)21-12-19(24-3)15-7-5-4-6-8-15/h4-11,19,22H,12H2,1-3H3,(H,21,23). The van der Waals surface area contributed by atoms with Crippen molar-refractivity contribution in [2.75, 3.05) is 13.7 Å². The van der Waals surface area contributed by atoms with E-state index in [0.717, 1.165) is 22.2 Å². The summed E-state index contributed by atoms with van der Waals surface area (Å²) in [5, 5.41) is 4.05. The molecule has 24 heavy (non-hydrogen) atoms. The summed E-state index contributed by atoms with van der Waals surface area (Å²) in [5.41, 5.74) is 5.07. The van der Waals surface area contributed by atoms with Crippen LogP contribution in [0.5, 0.6) is 0 Å². The Morgan fingerprint density at radius 1 is 1.17 bits per heavy atom. The van der Waals surface area contributed by atoms with Gasteiger partial charge in [-0.25, -0.2) is 0 Å². The number of carbonyl (C=O) groups is 1. The Kier molecular flexibility index (Phi) is 4.67. The van der Waals surface area contributed by atoms with E-state index in [4.69, 9.17) is 4.74 Å². The van der Waals surface area contributed by atoms with Crippen molar-refractivity contribution in [2.45, 2.75) is 20.0 Å². The molecule has 2 aromatic carbocycles. The van der Waals surface area contributed by atoms with Crippen LogP contribution in [0.2, 0.25) is 0 Å². The third-order valence-electron chi connectivity index (χ3n) is 4.47. The molecule has 0 aliphatic rings. The molecular formula is C20H22N2O2. The molecule has 0 saturated carbocycles. The number of carbonyl (C=O) groups excluding carboxylic acids is 1. The van der Waals surface area contributed by atoms with Crippen molar-refractivity contribution in [2.24, 2.45) is 0 Å². The van der Waals surface area contributed by atoms with Crippen LogP contribution in [-0.4, -0.2) is 24.5 Å². The van der Waals surface area contributed by atoms with Crippen LogP contribution in [0, 0.1) is 13.8 Å². The molecule has 1 atom stereocenters. The van der Waals surface area contributed by atoms with E-state index in [9.17, 15) is 4.79 Å². The highest BCUT2D eigenvalue weighted by molar-refractivity contribution is 5.99. The number of nitrogens with one attached hydrogen (secondary N) is 2. The van der Waals surface area contributed by atoms with Crippen LogP contribution >= 0.6 is 0 Å². The Balaban J connectivity index is 1.74. The number of hydrogen-bond acceptors (Lipinski definition) is 2. The molecule has 3 rings (SSSR count). The summed E-state index contributed by atoms with van der Waals surface area (Å²) < 4.78 is 5.50. The van der Waals surface area contributed by atoms with Gasteiger partial charge in [-0.1, -0.05) is 30.3 Å². The highest BCUT2D eigenvalue weighted by Gasteiger charge is 2.14. The Morgan fingerprint density at radius 3 is 2.62 bits per heavy atom. The summed E-state index contributed by atoms with van der Waals surface area (Å²) in [6.45, 7) is 4.53. The predicted molar refractivity (Wildman–Crippen MR) is 96.3 cm³/mol. The number of aryl methyl sites for hydroxylation is 2. The van der Waals surface area contributed by atoms with Crippen molar-refractivity contribution in [3.8, 4) is 0 Å². The molecule has 0 fully saturated rings. The molecule has 4 nitrogen and oxygen atoms in total. The Labute approximate surface area is 141 Å². The molecule has 1 amide bonds. The topological polar surface area (TPSA) is 54.1 Å². The summed E-state index contributed by atoms with van der Waals surface area (Å²) in [7, 11) is 1.65. The fraction of sp³-hybridized carbons (Fsp3) is 0.250. The molecule has 0 aliphatic heterocycles. The smallest absolute Gasteiger partial charge is 0.251 e. The van der Waals surface area contributed by atoms with Crippen molar-refractivity contribution in [3.63, 3.8) is 0 Å². The first-order valence-electron chi connectivity index (χ1n) is 8.05. The van der Waals surface area contributed by atoms with Gasteiger partial charge < -0.3 is 15.0 Å². The molecule has 0 aliphatic carbocycles. The molecule has 1 heterocycles. The predicted octanol–water partition coefficient (Wildman–Crippen LogP) is 3.90. The van der Waals surface area contributed by atoms with Gasteiger partial charge in [-0.3, -0.25) is 4.79 Å². The summed E-state index contributed by atoms with van der Waals surface area (Å²) in [6, 6.07) is 15.6. The van der Waals surface area contributed by atoms with Crippen molar-refractivity contribution in [1.29, 1.82) is 0 Å². The molecule has 0 bridgehead atoms. The minimum Gasteiger partial charge on any atom is -0.375 e. The normalized spacial score (nSPS) is 12.3. The average molecular weight is 322 g/mol. The van der Waals surface area contributed by atoms with Crippen LogP contribution in [-0.2, 0) is 4.74 Å². The lowest BCUT2D eigenvalue weighted by molar-refractivity contribution is 0.0828. The zero-order chi connectivity index (χ0) is 17.1. The molecule has 0 radical (unpaired) electrons. The van der Waals surface area contributed by atoms with E-state index in [1.165, 1.54) is 5.56 Å². The second-order valence-electron chi connectivity index (χ2n) is 5.98. The third kappa shape index (κ3) is 3.19. The van der Waals surface area contributed by atoms with E-state index in [-0.39, 0.29) is 12.0 Å². The number of methoxy groups -OCH3 is 1. The highest BCUT2D eigenvalue weighted by Crippen LogP contribution is 2.22. The fourth-order valence-corrected chi connectivity index (χ4v) is 2.89. The number of amides is 1. The van der Waals surface area contributed by atoms with Crippen LogP contribution in [0.3, 0.4) is 0 Å². The van der Waals surface area contributed by atoms with Gasteiger partial charge in [0.15, 0.2) is 0 Å². The van der Waals surface area contributed by atoms with Crippen molar-refractivity contribution in [3.05, 3.63) is 70.9 Å². The molecule has 124 valence electrons. The summed E-state index contributed by atoms with van der Waals surface area (Å²) in [4.78, 5) is 15.8. The molecule has 1 unspecified atom stereocenters. The average Bonchev–Trinajstić information content (AvgIpc) is 2.90. The van der Waals surface area contributed by atoms with Gasteiger partial charge in [-0.15, -0.1) is 0 Å². The number of hydrogen-bond donors (Lipinski definition) is 2. The van der Waals surface area contributed by atoms with Crippen LogP contribution in [0.4, 0.5) is 0 Å². The molecule has 3 aromatic rings. The summed E-state index contributed by atoms with van der Waals surface area (Å²) in [5.74, 6) is -0.0897. The van der Waals surface area contributed by atoms with Gasteiger partial charge in [0.1, 0.15) is 0 Å². The Bertz CT molecular complexity index is 853. The first-order valence-corrected chi connectivity index (χ1v) is 8.05. The zero-order valence-corrected chi connectivity index (χ0v) is 14.2. The summed E-state index contributed by atoms with van der Waals surface area (Å²) in [6.07, 6.45) is -0.157. The number of H-pyrrole nitrogens is 1. The summed E-state index contributed by atoms with van der Waals surface area (Å²) >= 11 is 0. The van der Waals surface area contributed by atoms with E-state index >= 15 is 0 Å². The SMILES string of the molecule is COC(CNC(=O)c1ccc2[nH]c(C)c(C)c2c1)c1ccccc1. The van der Waals surface area contributed by atoms with Gasteiger partial charge in [0.05, 0.1) is 6.10 Å². The van der Waals surface area contributed by atoms with Crippen LogP contribution in [0.15, 0.2) is 48.5 Å². The van der Waals surface area contributed by atoms with E-state index in [0.29, 0.717) is 12.1 Å². The largest absolute Gasteiger partial charge is 0.375 e. The van der Waals surface area contributed by atoms with Crippen molar-refractivity contribution in [1.82, 2.24) is 10.3 Å². The zero-order valence-electron chi connectivity index (χ0n) is 14.2. The van der Waals surface area contributed by atoms with Gasteiger partial charge >= 0.3 is 0 Å². The third-order valence-corrected chi connectivity index (χ3v) is 4.47. The maximum atomic E-state index is 12.5. The second-order valence-corrected chi connectivity index (χ2v) is 5.98. The van der Waals surface area contributed by atoms with E-state index in [1.54, 1.807) is 7.11 Å². The van der Waals surface area contributed by atoms with Crippen LogP contribution in [0.1, 0.15) is 33.3 Å². The first kappa shape index (κ1) is 16.3. The molecule has 1 aromatic heterocycles. The molecule has 2 N–H and O–H groups in total. The van der Waals surface area contributed by atoms with E-state index in [1.807, 2.05) is 55.5 Å². The van der Waals surface area contributed by atoms with Crippen LogP contribution < -0.4 is 5.32 Å². The van der Waals surface area contributed by atoms with Gasteiger partial charge in [0.25, 0.3) is 5.91 Å². The minimum atomic E-state index is -0.157. The molecule has 0 spiro atoms. The highest BCUT2D eigenvalue weighted by atomic mass is 16.5. The maximum Gasteiger partial charge on any atom is 0.251 e. The Morgan fingerprint density at radius 2 is 1.92 bits per heavy atom. The number of ether oxygens (including phenoxy) is 1. The van der Waals surface area contributed by atoms with Gasteiger partial charge in [0, 0.05) is 35.8 Å². The Hall–Kier alpha value is -2.59. The van der Waals surface area contributed by atoms with Crippen molar-refractivity contribution >= 4 is 16.8 Å². The van der Waals surface area contributed by atoms with Crippen molar-refractivity contribution < 1.29 is 9.53 Å².